The van der Waals surface area contributed by atoms with Crippen molar-refractivity contribution in [1.82, 2.24) is 4.98 Å². The van der Waals surface area contributed by atoms with Gasteiger partial charge in [-0.3, -0.25) is 4.79 Å². The number of unbranched alkanes of at least 4 members (excludes halogenated alkanes) is 1. The molecule has 0 radical (unpaired) electrons. The smallest absolute Gasteiger partial charge is 0.357 e. The molecule has 0 aliphatic carbocycles. The monoisotopic (exact) mass is 272 g/mol. The van der Waals surface area contributed by atoms with E-state index < -0.39 is 5.97 Å². The van der Waals surface area contributed by atoms with Crippen LogP contribution in [0.4, 0.5) is 5.13 Å². The van der Waals surface area contributed by atoms with Gasteiger partial charge in [0.05, 0.1) is 6.61 Å². The van der Waals surface area contributed by atoms with Crippen LogP contribution >= 0.6 is 11.3 Å². The number of methoxy groups -OCH3 is 1. The molecule has 7 heteroatoms. The molecule has 0 bridgehead atoms. The lowest BCUT2D eigenvalue weighted by Gasteiger charge is -2.02. The van der Waals surface area contributed by atoms with Crippen LogP contribution in [0.5, 0.6) is 0 Å². The summed E-state index contributed by atoms with van der Waals surface area (Å²) in [5.74, 6) is -0.691. The Balaban J connectivity index is 2.33. The van der Waals surface area contributed by atoms with Crippen molar-refractivity contribution in [3.05, 3.63) is 11.1 Å². The zero-order chi connectivity index (χ0) is 13.4. The molecule has 0 aliphatic heterocycles. The molecule has 0 atom stereocenters. The summed E-state index contributed by atoms with van der Waals surface area (Å²) in [4.78, 5) is 26.3. The average Bonchev–Trinajstić information content (AvgIpc) is 2.76. The fourth-order valence-corrected chi connectivity index (χ4v) is 1.89. The van der Waals surface area contributed by atoms with Gasteiger partial charge in [0.1, 0.15) is 0 Å². The molecule has 1 N–H and O–H groups in total. The number of carbonyl (C=O) groups excluding carboxylic acids is 2. The van der Waals surface area contributed by atoms with Crippen molar-refractivity contribution in [3.8, 4) is 0 Å². The van der Waals surface area contributed by atoms with Gasteiger partial charge in [0.15, 0.2) is 10.8 Å². The molecule has 1 aromatic rings. The number of hydrogen-bond acceptors (Lipinski definition) is 6. The molecule has 18 heavy (non-hydrogen) atoms. The summed E-state index contributed by atoms with van der Waals surface area (Å²) < 4.78 is 9.91. The molecular formula is C11H16N2O4S. The Labute approximate surface area is 109 Å². The predicted molar refractivity (Wildman–Crippen MR) is 67.8 cm³/mol. The molecular weight excluding hydrogens is 256 g/mol. The van der Waals surface area contributed by atoms with E-state index in [0.29, 0.717) is 18.3 Å². The molecule has 0 saturated carbocycles. The Morgan fingerprint density at radius 1 is 1.39 bits per heavy atom. The number of hydrogen-bond donors (Lipinski definition) is 1. The molecule has 100 valence electrons. The number of anilines is 1. The maximum atomic E-state index is 11.6. The highest BCUT2D eigenvalue weighted by atomic mass is 32.1. The van der Waals surface area contributed by atoms with Crippen molar-refractivity contribution in [3.63, 3.8) is 0 Å². The Morgan fingerprint density at radius 3 is 2.78 bits per heavy atom. The van der Waals surface area contributed by atoms with Gasteiger partial charge in [-0.15, -0.1) is 11.3 Å². The number of aromatic nitrogens is 1. The van der Waals surface area contributed by atoms with Gasteiger partial charge in [-0.2, -0.15) is 0 Å². The minimum absolute atomic E-state index is 0.218. The number of rotatable bonds is 7. The largest absolute Gasteiger partial charge is 0.461 e. The minimum atomic E-state index is -0.472. The summed E-state index contributed by atoms with van der Waals surface area (Å²) in [6.45, 7) is 2.38. The van der Waals surface area contributed by atoms with E-state index >= 15 is 0 Å². The Hall–Kier alpha value is -1.47. The molecule has 1 heterocycles. The van der Waals surface area contributed by atoms with Gasteiger partial charge in [0.2, 0.25) is 5.91 Å². The fourth-order valence-electron chi connectivity index (χ4n) is 1.16. The summed E-state index contributed by atoms with van der Waals surface area (Å²) >= 11 is 1.19. The lowest BCUT2D eigenvalue weighted by Crippen LogP contribution is -2.09. The van der Waals surface area contributed by atoms with E-state index in [9.17, 15) is 9.59 Å². The van der Waals surface area contributed by atoms with Gasteiger partial charge in [0, 0.05) is 26.0 Å². The highest BCUT2D eigenvalue weighted by Gasteiger charge is 2.12. The lowest BCUT2D eigenvalue weighted by atomic mass is 10.3. The molecule has 1 amide bonds. The van der Waals surface area contributed by atoms with Crippen LogP contribution in [0.15, 0.2) is 5.38 Å². The number of amides is 1. The minimum Gasteiger partial charge on any atom is -0.461 e. The molecule has 0 saturated heterocycles. The topological polar surface area (TPSA) is 77.5 Å². The number of ether oxygens (including phenoxy) is 2. The molecule has 1 aromatic heterocycles. The van der Waals surface area contributed by atoms with Gasteiger partial charge < -0.3 is 14.8 Å². The first-order valence-corrected chi connectivity index (χ1v) is 6.40. The van der Waals surface area contributed by atoms with E-state index in [1.807, 2.05) is 0 Å². The first-order chi connectivity index (χ1) is 8.63. The molecule has 0 unspecified atom stereocenters. The van der Waals surface area contributed by atoms with Crippen LogP contribution in [0.25, 0.3) is 0 Å². The summed E-state index contributed by atoms with van der Waals surface area (Å²) in [6, 6.07) is 0. The number of nitrogens with zero attached hydrogens (tertiary/aromatic N) is 1. The third-order valence-corrected chi connectivity index (χ3v) is 2.73. The van der Waals surface area contributed by atoms with Gasteiger partial charge >= 0.3 is 5.97 Å². The molecule has 6 nitrogen and oxygen atoms in total. The zero-order valence-electron chi connectivity index (χ0n) is 10.4. The number of carbonyl (C=O) groups is 2. The van der Waals surface area contributed by atoms with Gasteiger partial charge in [0.25, 0.3) is 0 Å². The van der Waals surface area contributed by atoms with E-state index in [1.54, 1.807) is 12.5 Å². The summed E-state index contributed by atoms with van der Waals surface area (Å²) in [6.07, 6.45) is 1.60. The van der Waals surface area contributed by atoms with E-state index in [2.05, 4.69) is 10.3 Å². The highest BCUT2D eigenvalue weighted by molar-refractivity contribution is 7.14. The van der Waals surface area contributed by atoms with E-state index in [1.165, 1.54) is 18.3 Å². The second-order valence-corrected chi connectivity index (χ2v) is 4.41. The van der Waals surface area contributed by atoms with Crippen molar-refractivity contribution >= 4 is 28.3 Å². The number of thiazole rings is 1. The second-order valence-electron chi connectivity index (χ2n) is 3.55. The van der Waals surface area contributed by atoms with E-state index in [0.717, 1.165) is 12.8 Å². The second kappa shape index (κ2) is 7.78. The molecule has 1 rings (SSSR count). The van der Waals surface area contributed by atoms with Crippen LogP contribution in [0, 0.1) is 0 Å². The summed E-state index contributed by atoms with van der Waals surface area (Å²) in [5, 5.41) is 4.46. The number of esters is 1. The van der Waals surface area contributed by atoms with Crippen molar-refractivity contribution in [2.75, 3.05) is 25.6 Å². The Morgan fingerprint density at radius 2 is 2.11 bits per heavy atom. The molecule has 0 aromatic carbocycles. The summed E-state index contributed by atoms with van der Waals surface area (Å²) in [5.41, 5.74) is 0.218. The maximum Gasteiger partial charge on any atom is 0.357 e. The maximum absolute atomic E-state index is 11.6. The highest BCUT2D eigenvalue weighted by Crippen LogP contribution is 2.15. The average molecular weight is 272 g/mol. The number of nitrogens with one attached hydrogen (secondary N) is 1. The summed E-state index contributed by atoms with van der Waals surface area (Å²) in [7, 11) is 1.63. The van der Waals surface area contributed by atoms with Crippen LogP contribution in [-0.2, 0) is 14.3 Å². The predicted octanol–water partition coefficient (Wildman–Crippen LogP) is 1.68. The standard InChI is InChI=1S/C11H16N2O4S/c1-8(14)12-11-13-9(7-18-11)10(15)17-6-4-3-5-16-2/h7H,3-6H2,1-2H3,(H,12,13,14). The Bertz CT molecular complexity index is 406. The lowest BCUT2D eigenvalue weighted by molar-refractivity contribution is -0.114. The van der Waals surface area contributed by atoms with Gasteiger partial charge in [-0.25, -0.2) is 9.78 Å². The molecule has 0 aliphatic rings. The SMILES string of the molecule is COCCCCOC(=O)c1csc(NC(C)=O)n1. The van der Waals surface area contributed by atoms with Gasteiger partial charge in [-0.05, 0) is 12.8 Å². The molecule has 0 spiro atoms. The quantitative estimate of drug-likeness (QED) is 0.603. The normalized spacial score (nSPS) is 10.1. The van der Waals surface area contributed by atoms with Crippen molar-refractivity contribution in [2.45, 2.75) is 19.8 Å². The van der Waals surface area contributed by atoms with Crippen LogP contribution in [-0.4, -0.2) is 37.2 Å². The first-order valence-electron chi connectivity index (χ1n) is 5.52. The Kier molecular flexibility index (Phi) is 6.31. The third-order valence-electron chi connectivity index (χ3n) is 1.97. The van der Waals surface area contributed by atoms with Crippen molar-refractivity contribution in [2.24, 2.45) is 0 Å². The van der Waals surface area contributed by atoms with Crippen molar-refractivity contribution < 1.29 is 19.1 Å². The fraction of sp³-hybridized carbons (Fsp3) is 0.545. The van der Waals surface area contributed by atoms with Crippen LogP contribution in [0.3, 0.4) is 0 Å². The van der Waals surface area contributed by atoms with Crippen LogP contribution in [0.2, 0.25) is 0 Å². The van der Waals surface area contributed by atoms with Crippen LogP contribution < -0.4 is 5.32 Å². The zero-order valence-corrected chi connectivity index (χ0v) is 11.2. The van der Waals surface area contributed by atoms with Crippen molar-refractivity contribution in [1.29, 1.82) is 0 Å². The van der Waals surface area contributed by atoms with Gasteiger partial charge in [-0.1, -0.05) is 0 Å². The third kappa shape index (κ3) is 5.24. The van der Waals surface area contributed by atoms with E-state index in [-0.39, 0.29) is 11.6 Å². The first kappa shape index (κ1) is 14.6. The van der Waals surface area contributed by atoms with Crippen LogP contribution in [0.1, 0.15) is 30.3 Å². The van der Waals surface area contributed by atoms with E-state index in [4.69, 9.17) is 9.47 Å². The molecule has 0 fully saturated rings.